The van der Waals surface area contributed by atoms with Crippen LogP contribution in [0, 0.1) is 0 Å². The molecule has 0 spiro atoms. The molecule has 0 aliphatic carbocycles. The summed E-state index contributed by atoms with van der Waals surface area (Å²) in [5, 5.41) is 8.74. The molecule has 0 atom stereocenters. The molecular weight excluding hydrogens is 424 g/mol. The molecule has 0 saturated carbocycles. The molecule has 0 bridgehead atoms. The van der Waals surface area contributed by atoms with Gasteiger partial charge >= 0.3 is 5.97 Å². The van der Waals surface area contributed by atoms with Gasteiger partial charge in [0.1, 0.15) is 5.75 Å². The summed E-state index contributed by atoms with van der Waals surface area (Å²) in [6.45, 7) is 8.50. The number of carbonyl (C=O) groups is 1. The molecule has 0 heterocycles. The van der Waals surface area contributed by atoms with Crippen LogP contribution in [-0.2, 0) is 4.79 Å². The molecular formula is C18H24Br2O3. The van der Waals surface area contributed by atoms with Crippen LogP contribution in [0.4, 0.5) is 0 Å². The van der Waals surface area contributed by atoms with E-state index in [0.717, 1.165) is 40.4 Å². The van der Waals surface area contributed by atoms with E-state index in [0.29, 0.717) is 24.5 Å². The first kappa shape index (κ1) is 20.2. The number of hydrogen-bond donors (Lipinski definition) is 1. The number of carboxylic acid groups (broad SMARTS) is 1. The first-order chi connectivity index (χ1) is 10.8. The normalized spacial score (nSPS) is 10.8. The van der Waals surface area contributed by atoms with E-state index >= 15 is 0 Å². The fourth-order valence-corrected chi connectivity index (χ4v) is 3.61. The lowest BCUT2D eigenvalue weighted by atomic mass is 10.0. The van der Waals surface area contributed by atoms with Gasteiger partial charge in [-0.05, 0) is 58.8 Å². The molecule has 1 aromatic carbocycles. The smallest absolute Gasteiger partial charge is 0.330 e. The highest BCUT2D eigenvalue weighted by Gasteiger charge is 2.13. The van der Waals surface area contributed by atoms with Gasteiger partial charge in [-0.2, -0.15) is 0 Å². The zero-order valence-electron chi connectivity index (χ0n) is 13.7. The Bertz CT molecular complexity index is 553. The summed E-state index contributed by atoms with van der Waals surface area (Å²) in [7, 11) is 0. The Morgan fingerprint density at radius 3 is 2.48 bits per heavy atom. The number of halogens is 2. The number of rotatable bonds is 10. The Morgan fingerprint density at radius 1 is 1.22 bits per heavy atom. The second-order valence-electron chi connectivity index (χ2n) is 5.88. The molecule has 0 amide bonds. The van der Waals surface area contributed by atoms with E-state index in [1.807, 2.05) is 6.07 Å². The molecule has 0 unspecified atom stereocenters. The van der Waals surface area contributed by atoms with Crippen molar-refractivity contribution in [1.29, 1.82) is 0 Å². The summed E-state index contributed by atoms with van der Waals surface area (Å²) in [5.41, 5.74) is 1.48. The van der Waals surface area contributed by atoms with Crippen LogP contribution in [0.25, 0.3) is 0 Å². The molecule has 1 aromatic rings. The molecule has 23 heavy (non-hydrogen) atoms. The fraction of sp³-hybridized carbons (Fsp3) is 0.500. The first-order valence-electron chi connectivity index (χ1n) is 7.85. The van der Waals surface area contributed by atoms with E-state index in [9.17, 15) is 4.79 Å². The maximum Gasteiger partial charge on any atom is 0.330 e. The van der Waals surface area contributed by atoms with Crippen molar-refractivity contribution in [2.75, 3.05) is 6.61 Å². The van der Waals surface area contributed by atoms with E-state index in [2.05, 4.69) is 58.4 Å². The van der Waals surface area contributed by atoms with Gasteiger partial charge in [-0.3, -0.25) is 0 Å². The van der Waals surface area contributed by atoms with Gasteiger partial charge in [-0.1, -0.05) is 49.2 Å². The van der Waals surface area contributed by atoms with Gasteiger partial charge in [0.25, 0.3) is 0 Å². The van der Waals surface area contributed by atoms with Crippen molar-refractivity contribution < 1.29 is 14.6 Å². The van der Waals surface area contributed by atoms with Gasteiger partial charge in [0, 0.05) is 10.0 Å². The van der Waals surface area contributed by atoms with Crippen LogP contribution in [-0.4, -0.2) is 17.7 Å². The third-order valence-electron chi connectivity index (χ3n) is 3.58. The van der Waals surface area contributed by atoms with Crippen molar-refractivity contribution in [3.05, 3.63) is 38.8 Å². The topological polar surface area (TPSA) is 46.5 Å². The predicted octanol–water partition coefficient (Wildman–Crippen LogP) is 6.31. The van der Waals surface area contributed by atoms with E-state index in [1.165, 1.54) is 5.56 Å². The number of hydrogen-bond acceptors (Lipinski definition) is 2. The monoisotopic (exact) mass is 446 g/mol. The number of benzene rings is 1. The minimum Gasteiger partial charge on any atom is -0.492 e. The van der Waals surface area contributed by atoms with Crippen LogP contribution in [0.2, 0.25) is 0 Å². The molecule has 1 N–H and O–H groups in total. The van der Waals surface area contributed by atoms with Gasteiger partial charge in [0.05, 0.1) is 11.1 Å². The van der Waals surface area contributed by atoms with E-state index < -0.39 is 5.97 Å². The van der Waals surface area contributed by atoms with Crippen LogP contribution in [0.5, 0.6) is 5.75 Å². The van der Waals surface area contributed by atoms with E-state index in [-0.39, 0.29) is 0 Å². The van der Waals surface area contributed by atoms with Crippen LogP contribution < -0.4 is 4.74 Å². The van der Waals surface area contributed by atoms with Gasteiger partial charge in [0.2, 0.25) is 0 Å². The molecule has 0 aliphatic rings. The summed E-state index contributed by atoms with van der Waals surface area (Å²) >= 11 is 7.08. The molecule has 0 aliphatic heterocycles. The zero-order valence-corrected chi connectivity index (χ0v) is 16.9. The van der Waals surface area contributed by atoms with Crippen LogP contribution in [0.15, 0.2) is 33.2 Å². The molecule has 0 fully saturated rings. The first-order valence-corrected chi connectivity index (χ1v) is 9.44. The largest absolute Gasteiger partial charge is 0.492 e. The summed E-state index contributed by atoms with van der Waals surface area (Å²) in [5.74, 6) is 0.415. The van der Waals surface area contributed by atoms with E-state index in [1.54, 1.807) is 0 Å². The average Bonchev–Trinajstić information content (AvgIpc) is 2.46. The Balaban J connectivity index is 2.36. The fourth-order valence-electron chi connectivity index (χ4n) is 2.24. The number of aliphatic carboxylic acids is 1. The number of ether oxygens (including phenoxy) is 1. The Morgan fingerprint density at radius 2 is 1.87 bits per heavy atom. The number of carboxylic acids is 1. The minimum atomic E-state index is -0.894. The van der Waals surface area contributed by atoms with Crippen molar-refractivity contribution >= 4 is 37.8 Å². The van der Waals surface area contributed by atoms with Crippen molar-refractivity contribution in [3.63, 3.8) is 0 Å². The summed E-state index contributed by atoms with van der Waals surface area (Å²) in [6, 6.07) is 4.10. The highest BCUT2D eigenvalue weighted by Crippen LogP contribution is 2.37. The van der Waals surface area contributed by atoms with Gasteiger partial charge in [-0.15, -0.1) is 0 Å². The van der Waals surface area contributed by atoms with Gasteiger partial charge in [0.15, 0.2) is 0 Å². The quantitative estimate of drug-likeness (QED) is 0.337. The molecule has 128 valence electrons. The standard InChI is InChI=1S/C18H24Br2O3/c1-12(2)15-10-14(19)11-16(20)17(15)23-9-7-5-4-6-8-13(3)18(21)22/h10-12H,3-9H2,1-2H3,(H,21,22). The van der Waals surface area contributed by atoms with Crippen molar-refractivity contribution in [3.8, 4) is 5.75 Å². The Kier molecular flexibility index (Phi) is 8.92. The third-order valence-corrected chi connectivity index (χ3v) is 4.63. The molecule has 0 aromatic heterocycles. The van der Waals surface area contributed by atoms with Gasteiger partial charge in [-0.25, -0.2) is 4.79 Å². The molecule has 1 rings (SSSR count). The highest BCUT2D eigenvalue weighted by molar-refractivity contribution is 9.11. The molecule has 3 nitrogen and oxygen atoms in total. The van der Waals surface area contributed by atoms with Crippen LogP contribution in [0.3, 0.4) is 0 Å². The lowest BCUT2D eigenvalue weighted by Gasteiger charge is -2.16. The number of unbranched alkanes of at least 4 members (excludes halogenated alkanes) is 3. The summed E-state index contributed by atoms with van der Waals surface area (Å²) in [4.78, 5) is 10.6. The van der Waals surface area contributed by atoms with Crippen molar-refractivity contribution in [2.45, 2.75) is 51.9 Å². The molecule has 0 saturated heterocycles. The SMILES string of the molecule is C=C(CCCCCCOc1c(Br)cc(Br)cc1C(C)C)C(=O)O. The van der Waals surface area contributed by atoms with Crippen molar-refractivity contribution in [1.82, 2.24) is 0 Å². The molecule has 5 heteroatoms. The third kappa shape index (κ3) is 7.08. The van der Waals surface area contributed by atoms with Crippen molar-refractivity contribution in [2.24, 2.45) is 0 Å². The predicted molar refractivity (Wildman–Crippen MR) is 101 cm³/mol. The minimum absolute atomic E-state index is 0.293. The Labute approximate surface area is 155 Å². The van der Waals surface area contributed by atoms with E-state index in [4.69, 9.17) is 9.84 Å². The zero-order chi connectivity index (χ0) is 17.4. The maximum absolute atomic E-state index is 10.6. The highest BCUT2D eigenvalue weighted by atomic mass is 79.9. The lowest BCUT2D eigenvalue weighted by Crippen LogP contribution is -2.03. The lowest BCUT2D eigenvalue weighted by molar-refractivity contribution is -0.132. The Hall–Kier alpha value is -0.810. The summed E-state index contributed by atoms with van der Waals surface area (Å²) < 4.78 is 7.98. The average molecular weight is 448 g/mol. The van der Waals surface area contributed by atoms with Gasteiger partial charge < -0.3 is 9.84 Å². The van der Waals surface area contributed by atoms with Crippen LogP contribution >= 0.6 is 31.9 Å². The summed E-state index contributed by atoms with van der Waals surface area (Å²) in [6.07, 6.45) is 4.40. The van der Waals surface area contributed by atoms with Crippen LogP contribution in [0.1, 0.15) is 57.4 Å². The molecule has 0 radical (unpaired) electrons. The maximum atomic E-state index is 10.6. The second-order valence-corrected chi connectivity index (χ2v) is 7.65. The second kappa shape index (κ2) is 10.1.